The van der Waals surface area contributed by atoms with Crippen LogP contribution in [0.15, 0.2) is 0 Å². The molecule has 4 N–H and O–H groups in total. The summed E-state index contributed by atoms with van der Waals surface area (Å²) in [6.07, 6.45) is 0.209. The SMILES string of the molecule is CC[C@H]1NC(=O)[C@@H](C2OC(C)C[C@H]2C)N(C)C(=O)[C@@H](C(C)C)N(C)C(=O)[C@@H](CC(C)C)N(C)C(=O)[C@H](CC(C)C)N(C)C(=O)[C@H](C)NC(=O)[C@@H](C)NC(=O)[C@@H](CC(C)C)N(C)C(=O)[C@@H](C(C)C)NC(=O)[C@H](CC(C)C)N(C)C(=O)[C@@H](C)N(C)C1=O. The lowest BCUT2D eigenvalue weighted by Gasteiger charge is -2.41. The number of carbonyl (C=O) groups is 11. The Kier molecular flexibility index (Phi) is 29.0. The Bertz CT molecular complexity index is 2350. The molecule has 0 aromatic heterocycles. The van der Waals surface area contributed by atoms with Crippen LogP contribution in [0.1, 0.15) is 163 Å². The van der Waals surface area contributed by atoms with E-state index in [2.05, 4.69) is 21.3 Å². The standard InChI is InChI=1S/C62H111N11O12/c1-26-43-58(80)67(19)42(18)57(79)68(20)45(28-33(4)5)54(76)66-48(36(10)11)61(83)69(21)44(27-32(2)3)53(75)63-40(16)52(74)64-41(17)56(78)70(22)46(29-34(6)7)59(81)71(23)47(30-35(8)9)60(82)72(24)49(37(12)13)62(84)73(25)50(55(77)65-43)51-38(14)31-39(15)85-51/h32-51H,26-31H2,1-25H3,(H,63,75)(H,64,74)(H,65,77)(H,66,76)/t38-,39?,40-,41+,42-,43-,44-,45+,46+,47-,48-,49-,50-,51?/m1/s1. The van der Waals surface area contributed by atoms with Gasteiger partial charge in [0.15, 0.2) is 0 Å². The van der Waals surface area contributed by atoms with Gasteiger partial charge in [0.25, 0.3) is 0 Å². The maximum atomic E-state index is 15.2. The van der Waals surface area contributed by atoms with Gasteiger partial charge in [-0.3, -0.25) is 52.7 Å². The lowest BCUT2D eigenvalue weighted by Crippen LogP contribution is -2.63. The van der Waals surface area contributed by atoms with Gasteiger partial charge in [-0.05, 0) is 108 Å². The van der Waals surface area contributed by atoms with E-state index in [1.807, 2.05) is 69.2 Å². The van der Waals surface area contributed by atoms with E-state index in [9.17, 15) is 43.2 Å². The molecule has 2 unspecified atom stereocenters. The predicted octanol–water partition coefficient (Wildman–Crippen LogP) is 3.51. The fourth-order valence-electron chi connectivity index (χ4n) is 11.6. The van der Waals surface area contributed by atoms with Gasteiger partial charge in [-0.15, -0.1) is 0 Å². The number of amides is 11. The highest BCUT2D eigenvalue weighted by Crippen LogP contribution is 2.32. The Balaban J connectivity index is 2.97. The van der Waals surface area contributed by atoms with Crippen LogP contribution in [0.2, 0.25) is 0 Å². The van der Waals surface area contributed by atoms with Crippen LogP contribution in [0, 0.1) is 41.4 Å². The molecule has 0 radical (unpaired) electrons. The van der Waals surface area contributed by atoms with Gasteiger partial charge in [-0.1, -0.05) is 96.9 Å². The van der Waals surface area contributed by atoms with Crippen molar-refractivity contribution in [2.24, 2.45) is 41.4 Å². The molecule has 0 saturated carbocycles. The van der Waals surface area contributed by atoms with Crippen LogP contribution in [0.4, 0.5) is 0 Å². The van der Waals surface area contributed by atoms with Crippen molar-refractivity contribution in [2.75, 3.05) is 49.3 Å². The van der Waals surface area contributed by atoms with Crippen LogP contribution in [0.3, 0.4) is 0 Å². The van der Waals surface area contributed by atoms with Crippen molar-refractivity contribution < 1.29 is 57.5 Å². The van der Waals surface area contributed by atoms with Crippen molar-refractivity contribution in [2.45, 2.75) is 242 Å². The number of ether oxygens (including phenoxy) is 1. The number of hydrogen-bond acceptors (Lipinski definition) is 12. The summed E-state index contributed by atoms with van der Waals surface area (Å²) in [6, 6.07) is -12.9. The van der Waals surface area contributed by atoms with Crippen LogP contribution < -0.4 is 21.3 Å². The zero-order valence-electron chi connectivity index (χ0n) is 56.3. The molecule has 14 atom stereocenters. The Morgan fingerprint density at radius 1 is 0.412 bits per heavy atom. The van der Waals surface area contributed by atoms with Gasteiger partial charge in [0.05, 0.1) is 12.2 Å². The minimum absolute atomic E-state index is 0.0784. The van der Waals surface area contributed by atoms with Crippen molar-refractivity contribution in [3.63, 3.8) is 0 Å². The van der Waals surface area contributed by atoms with Crippen LogP contribution in [-0.4, -0.2) is 227 Å². The summed E-state index contributed by atoms with van der Waals surface area (Å²) in [5.74, 6) is -8.68. The molecule has 23 nitrogen and oxygen atoms in total. The summed E-state index contributed by atoms with van der Waals surface area (Å²) < 4.78 is 6.38. The first-order valence-electron chi connectivity index (χ1n) is 30.9. The average molecular weight is 1200 g/mol. The lowest BCUT2D eigenvalue weighted by atomic mass is 9.92. The smallest absolute Gasteiger partial charge is 0.246 e. The van der Waals surface area contributed by atoms with Gasteiger partial charge in [0, 0.05) is 49.3 Å². The molecule has 0 aromatic carbocycles. The zero-order chi connectivity index (χ0) is 65.7. The molecule has 2 heterocycles. The molecule has 2 aliphatic heterocycles. The van der Waals surface area contributed by atoms with Crippen molar-refractivity contribution in [1.82, 2.24) is 55.6 Å². The van der Waals surface area contributed by atoms with E-state index in [1.165, 1.54) is 104 Å². The molecule has 85 heavy (non-hydrogen) atoms. The first-order chi connectivity index (χ1) is 39.2. The van der Waals surface area contributed by atoms with Gasteiger partial charge < -0.3 is 60.3 Å². The maximum Gasteiger partial charge on any atom is 0.246 e. The van der Waals surface area contributed by atoms with Gasteiger partial charge in [0.1, 0.15) is 66.5 Å². The lowest BCUT2D eigenvalue weighted by molar-refractivity contribution is -0.158. The Morgan fingerprint density at radius 3 is 1.25 bits per heavy atom. The fraction of sp³-hybridized carbons (Fsp3) is 0.823. The first-order valence-corrected chi connectivity index (χ1v) is 30.9. The molecular formula is C62H111N11O12. The number of rotatable bonds is 12. The molecule has 2 saturated heterocycles. The second-order valence-electron chi connectivity index (χ2n) is 26.8. The molecule has 0 aromatic rings. The summed E-state index contributed by atoms with van der Waals surface area (Å²) in [4.78, 5) is 170. The summed E-state index contributed by atoms with van der Waals surface area (Å²) in [5, 5.41) is 11.2. The van der Waals surface area contributed by atoms with E-state index in [4.69, 9.17) is 4.74 Å². The molecule has 23 heteroatoms. The van der Waals surface area contributed by atoms with E-state index >= 15 is 9.59 Å². The topological polar surface area (TPSA) is 268 Å². The highest BCUT2D eigenvalue weighted by molar-refractivity contribution is 6.00. The summed E-state index contributed by atoms with van der Waals surface area (Å²) in [7, 11) is 10.2. The number of hydrogen-bond donors (Lipinski definition) is 4. The third-order valence-electron chi connectivity index (χ3n) is 16.9. The summed E-state index contributed by atoms with van der Waals surface area (Å²) in [6.45, 7) is 32.0. The molecule has 2 aliphatic rings. The summed E-state index contributed by atoms with van der Waals surface area (Å²) in [5.41, 5.74) is 0. The van der Waals surface area contributed by atoms with Gasteiger partial charge in [-0.25, -0.2) is 0 Å². The van der Waals surface area contributed by atoms with E-state index in [0.29, 0.717) is 6.42 Å². The van der Waals surface area contributed by atoms with E-state index < -0.39 is 149 Å². The molecule has 2 rings (SSSR count). The Labute approximate surface area is 508 Å². The fourth-order valence-corrected chi connectivity index (χ4v) is 11.6. The number of nitrogens with one attached hydrogen (secondary N) is 4. The van der Waals surface area contributed by atoms with Crippen LogP contribution in [0.25, 0.3) is 0 Å². The Hall–Kier alpha value is -5.87. The van der Waals surface area contributed by atoms with Crippen LogP contribution in [0.5, 0.6) is 0 Å². The molecule has 11 amide bonds. The monoisotopic (exact) mass is 1200 g/mol. The molecular weight excluding hydrogens is 1090 g/mol. The molecule has 0 aliphatic carbocycles. The first kappa shape index (κ1) is 75.2. The van der Waals surface area contributed by atoms with Crippen molar-refractivity contribution >= 4 is 65.0 Å². The van der Waals surface area contributed by atoms with Crippen LogP contribution >= 0.6 is 0 Å². The maximum absolute atomic E-state index is 15.2. The zero-order valence-corrected chi connectivity index (χ0v) is 56.3. The number of nitrogens with zero attached hydrogens (tertiary/aromatic N) is 7. The molecule has 0 spiro atoms. The third kappa shape index (κ3) is 19.6. The van der Waals surface area contributed by atoms with E-state index in [1.54, 1.807) is 34.6 Å². The van der Waals surface area contributed by atoms with Crippen molar-refractivity contribution in [1.29, 1.82) is 0 Å². The molecule has 486 valence electrons. The van der Waals surface area contributed by atoms with Gasteiger partial charge in [-0.2, -0.15) is 0 Å². The highest BCUT2D eigenvalue weighted by Gasteiger charge is 2.48. The average Bonchev–Trinajstić information content (AvgIpc) is 4.05. The Morgan fingerprint density at radius 2 is 0.824 bits per heavy atom. The van der Waals surface area contributed by atoms with Gasteiger partial charge >= 0.3 is 0 Å². The minimum atomic E-state index is -1.31. The molecule has 2 fully saturated rings. The number of carbonyl (C=O) groups excluding carboxylic acids is 11. The molecule has 0 bridgehead atoms. The predicted molar refractivity (Wildman–Crippen MR) is 327 cm³/mol. The van der Waals surface area contributed by atoms with E-state index in [0.717, 1.165) is 0 Å². The second-order valence-corrected chi connectivity index (χ2v) is 26.8. The normalized spacial score (nSPS) is 30.5. The quantitative estimate of drug-likeness (QED) is 0.219. The van der Waals surface area contributed by atoms with Crippen molar-refractivity contribution in [3.05, 3.63) is 0 Å². The highest BCUT2D eigenvalue weighted by atomic mass is 16.5. The summed E-state index contributed by atoms with van der Waals surface area (Å²) >= 11 is 0. The van der Waals surface area contributed by atoms with E-state index in [-0.39, 0.29) is 67.8 Å². The second kappa shape index (κ2) is 32.8. The van der Waals surface area contributed by atoms with Gasteiger partial charge in [0.2, 0.25) is 65.0 Å². The number of likely N-dealkylation sites (N-methyl/N-ethyl adjacent to an activating group) is 7. The third-order valence-corrected chi connectivity index (χ3v) is 16.9. The van der Waals surface area contributed by atoms with Crippen molar-refractivity contribution in [3.8, 4) is 0 Å². The largest absolute Gasteiger partial charge is 0.372 e. The minimum Gasteiger partial charge on any atom is -0.372 e. The van der Waals surface area contributed by atoms with Crippen LogP contribution in [-0.2, 0) is 57.5 Å².